The second kappa shape index (κ2) is 5.04. The first-order valence-corrected chi connectivity index (χ1v) is 8.20. The number of hydrogen-bond donors (Lipinski definition) is 1. The molecule has 2 N–H and O–H groups in total. The highest BCUT2D eigenvalue weighted by Gasteiger charge is 2.33. The van der Waals surface area contributed by atoms with Crippen LogP contribution >= 0.6 is 11.6 Å². The van der Waals surface area contributed by atoms with Crippen LogP contribution in [0.2, 0.25) is 5.02 Å². The van der Waals surface area contributed by atoms with Crippen molar-refractivity contribution in [1.82, 2.24) is 14.8 Å². The summed E-state index contributed by atoms with van der Waals surface area (Å²) in [6, 6.07) is 4.36. The summed E-state index contributed by atoms with van der Waals surface area (Å²) < 4.78 is 38.4. The molecule has 0 aliphatic heterocycles. The van der Waals surface area contributed by atoms with E-state index in [1.807, 2.05) is 0 Å². The van der Waals surface area contributed by atoms with Crippen LogP contribution in [0.25, 0.3) is 0 Å². The summed E-state index contributed by atoms with van der Waals surface area (Å²) in [5, 5.41) is 12.6. The SMILES string of the molecule is NS(=O)(=O)c1nnc(Cc2c(F)cccc2Cl)n1C1CC1. The summed E-state index contributed by atoms with van der Waals surface area (Å²) in [6.45, 7) is 0. The molecule has 1 fully saturated rings. The van der Waals surface area contributed by atoms with Crippen LogP contribution in [0.5, 0.6) is 0 Å². The Kier molecular flexibility index (Phi) is 3.46. The number of hydrogen-bond acceptors (Lipinski definition) is 4. The molecule has 21 heavy (non-hydrogen) atoms. The normalized spacial score (nSPS) is 15.4. The molecule has 1 aliphatic rings. The lowest BCUT2D eigenvalue weighted by Gasteiger charge is -2.09. The monoisotopic (exact) mass is 330 g/mol. The van der Waals surface area contributed by atoms with Gasteiger partial charge in [-0.05, 0) is 25.0 Å². The third-order valence-electron chi connectivity index (χ3n) is 3.30. The zero-order valence-corrected chi connectivity index (χ0v) is 12.4. The van der Waals surface area contributed by atoms with Gasteiger partial charge in [-0.25, -0.2) is 17.9 Å². The summed E-state index contributed by atoms with van der Waals surface area (Å²) in [7, 11) is -3.97. The molecule has 1 aromatic carbocycles. The number of nitrogens with zero attached hydrogens (tertiary/aromatic N) is 3. The lowest BCUT2D eigenvalue weighted by atomic mass is 10.1. The Morgan fingerprint density at radius 2 is 2.10 bits per heavy atom. The van der Waals surface area contributed by atoms with E-state index >= 15 is 0 Å². The predicted octanol–water partition coefficient (Wildman–Crippen LogP) is 1.64. The van der Waals surface area contributed by atoms with Crippen molar-refractivity contribution in [3.63, 3.8) is 0 Å². The first-order valence-electron chi connectivity index (χ1n) is 6.27. The minimum atomic E-state index is -3.97. The average molecular weight is 331 g/mol. The van der Waals surface area contributed by atoms with Crippen LogP contribution in [0, 0.1) is 5.82 Å². The Hall–Kier alpha value is -1.51. The zero-order chi connectivity index (χ0) is 15.2. The molecule has 3 rings (SSSR count). The van der Waals surface area contributed by atoms with E-state index in [2.05, 4.69) is 10.2 Å². The lowest BCUT2D eigenvalue weighted by molar-refractivity contribution is 0.558. The maximum absolute atomic E-state index is 13.8. The molecule has 0 spiro atoms. The number of benzene rings is 1. The van der Waals surface area contributed by atoms with E-state index < -0.39 is 15.8 Å². The molecule has 9 heteroatoms. The summed E-state index contributed by atoms with van der Waals surface area (Å²) in [5.74, 6) is -0.126. The second-order valence-corrected chi connectivity index (χ2v) is 6.78. The van der Waals surface area contributed by atoms with Gasteiger partial charge < -0.3 is 0 Å². The van der Waals surface area contributed by atoms with Gasteiger partial charge in [0.15, 0.2) is 0 Å². The van der Waals surface area contributed by atoms with Crippen molar-refractivity contribution in [2.24, 2.45) is 5.14 Å². The van der Waals surface area contributed by atoms with Crippen LogP contribution in [0.4, 0.5) is 4.39 Å². The fourth-order valence-electron chi connectivity index (χ4n) is 2.18. The summed E-state index contributed by atoms with van der Waals surface area (Å²) in [6.07, 6.45) is 1.70. The topological polar surface area (TPSA) is 90.9 Å². The summed E-state index contributed by atoms with van der Waals surface area (Å²) >= 11 is 5.98. The third kappa shape index (κ3) is 2.78. The van der Waals surface area contributed by atoms with Gasteiger partial charge >= 0.3 is 0 Å². The highest BCUT2D eigenvalue weighted by molar-refractivity contribution is 7.89. The average Bonchev–Trinajstić information content (AvgIpc) is 3.13. The van der Waals surface area contributed by atoms with Crippen molar-refractivity contribution in [2.75, 3.05) is 0 Å². The Balaban J connectivity index is 2.06. The van der Waals surface area contributed by atoms with Gasteiger partial charge in [-0.3, -0.25) is 4.57 Å². The van der Waals surface area contributed by atoms with Crippen molar-refractivity contribution in [1.29, 1.82) is 0 Å². The van der Waals surface area contributed by atoms with E-state index in [-0.39, 0.29) is 28.2 Å². The molecule has 0 radical (unpaired) electrons. The quantitative estimate of drug-likeness (QED) is 0.922. The minimum Gasteiger partial charge on any atom is -0.297 e. The predicted molar refractivity (Wildman–Crippen MR) is 73.9 cm³/mol. The molecule has 0 atom stereocenters. The van der Waals surface area contributed by atoms with Gasteiger partial charge in [0.2, 0.25) is 0 Å². The van der Waals surface area contributed by atoms with Crippen LogP contribution in [0.1, 0.15) is 30.3 Å². The molecule has 0 bridgehead atoms. The van der Waals surface area contributed by atoms with Crippen molar-refractivity contribution in [2.45, 2.75) is 30.5 Å². The maximum Gasteiger partial charge on any atom is 0.273 e. The van der Waals surface area contributed by atoms with Crippen molar-refractivity contribution < 1.29 is 12.8 Å². The van der Waals surface area contributed by atoms with Gasteiger partial charge in [-0.1, -0.05) is 17.7 Å². The molecule has 1 heterocycles. The van der Waals surface area contributed by atoms with Gasteiger partial charge in [0.25, 0.3) is 15.2 Å². The number of rotatable bonds is 4. The molecule has 0 saturated heterocycles. The number of halogens is 2. The molecule has 6 nitrogen and oxygen atoms in total. The van der Waals surface area contributed by atoms with Gasteiger partial charge in [0.1, 0.15) is 11.6 Å². The Bertz CT molecular complexity index is 781. The van der Waals surface area contributed by atoms with E-state index in [9.17, 15) is 12.8 Å². The molecule has 0 amide bonds. The number of nitrogens with two attached hydrogens (primary N) is 1. The number of primary sulfonamides is 1. The highest BCUT2D eigenvalue weighted by atomic mass is 35.5. The molecule has 1 saturated carbocycles. The molecule has 1 aliphatic carbocycles. The van der Waals surface area contributed by atoms with Gasteiger partial charge in [0.05, 0.1) is 0 Å². The van der Waals surface area contributed by atoms with E-state index in [4.69, 9.17) is 16.7 Å². The molecule has 112 valence electrons. The van der Waals surface area contributed by atoms with Crippen LogP contribution in [-0.4, -0.2) is 23.2 Å². The van der Waals surface area contributed by atoms with E-state index in [1.54, 1.807) is 6.07 Å². The molecule has 0 unspecified atom stereocenters. The van der Waals surface area contributed by atoms with Gasteiger partial charge in [-0.15, -0.1) is 10.2 Å². The second-order valence-electron chi connectivity index (χ2n) is 4.92. The lowest BCUT2D eigenvalue weighted by Crippen LogP contribution is -2.19. The van der Waals surface area contributed by atoms with E-state index in [1.165, 1.54) is 16.7 Å². The van der Waals surface area contributed by atoms with Crippen LogP contribution < -0.4 is 5.14 Å². The van der Waals surface area contributed by atoms with Crippen molar-refractivity contribution in [3.8, 4) is 0 Å². The van der Waals surface area contributed by atoms with Crippen molar-refractivity contribution >= 4 is 21.6 Å². The smallest absolute Gasteiger partial charge is 0.273 e. The Morgan fingerprint density at radius 3 is 2.67 bits per heavy atom. The molecule has 1 aromatic heterocycles. The number of aromatic nitrogens is 3. The standard InChI is InChI=1S/C12H12ClFN4O2S/c13-9-2-1-3-10(14)8(9)6-11-16-17-12(21(15,19)20)18(11)7-4-5-7/h1-3,7H,4-6H2,(H2,15,19,20). The van der Waals surface area contributed by atoms with Crippen molar-refractivity contribution in [3.05, 3.63) is 40.4 Å². The summed E-state index contributed by atoms with van der Waals surface area (Å²) in [4.78, 5) is 0. The molecular formula is C12H12ClFN4O2S. The van der Waals surface area contributed by atoms with Crippen LogP contribution in [0.15, 0.2) is 23.4 Å². The Morgan fingerprint density at radius 1 is 1.38 bits per heavy atom. The fourth-order valence-corrected chi connectivity index (χ4v) is 3.09. The molecule has 2 aromatic rings. The van der Waals surface area contributed by atoms with Gasteiger partial charge in [-0.2, -0.15) is 0 Å². The maximum atomic E-state index is 13.8. The fraction of sp³-hybridized carbons (Fsp3) is 0.333. The third-order valence-corrected chi connectivity index (χ3v) is 4.44. The first kappa shape index (κ1) is 14.4. The van der Waals surface area contributed by atoms with Crippen LogP contribution in [-0.2, 0) is 16.4 Å². The Labute approximate surface area is 125 Å². The van der Waals surface area contributed by atoms with E-state index in [0.29, 0.717) is 5.82 Å². The largest absolute Gasteiger partial charge is 0.297 e. The van der Waals surface area contributed by atoms with Crippen LogP contribution in [0.3, 0.4) is 0 Å². The zero-order valence-electron chi connectivity index (χ0n) is 10.8. The summed E-state index contributed by atoms with van der Waals surface area (Å²) in [5.41, 5.74) is 0.259. The minimum absolute atomic E-state index is 0.00567. The highest BCUT2D eigenvalue weighted by Crippen LogP contribution is 2.38. The first-order chi connectivity index (χ1) is 9.88. The van der Waals surface area contributed by atoms with Gasteiger partial charge in [0, 0.05) is 23.0 Å². The van der Waals surface area contributed by atoms with E-state index in [0.717, 1.165) is 12.8 Å². The number of sulfonamides is 1. The molecular weight excluding hydrogens is 319 g/mol.